The van der Waals surface area contributed by atoms with Crippen LogP contribution in [-0.4, -0.2) is 21.0 Å². The molecule has 0 saturated heterocycles. The number of aryl methyl sites for hydroxylation is 4. The number of aliphatic carboxylic acids is 1. The summed E-state index contributed by atoms with van der Waals surface area (Å²) in [5.41, 5.74) is 5.43. The number of hydrogen-bond acceptors (Lipinski definition) is 2. The highest BCUT2D eigenvalue weighted by atomic mass is 16.4. The van der Waals surface area contributed by atoms with Crippen molar-refractivity contribution in [1.82, 2.24) is 9.97 Å². The maximum Gasteiger partial charge on any atom is 0.303 e. The maximum atomic E-state index is 10.6. The third kappa shape index (κ3) is 3.02. The zero-order chi connectivity index (χ0) is 14.0. The van der Waals surface area contributed by atoms with Crippen molar-refractivity contribution >= 4 is 5.97 Å². The van der Waals surface area contributed by atoms with Crippen molar-refractivity contribution in [2.45, 2.75) is 33.6 Å². The molecule has 2 rings (SSSR count). The average molecular weight is 258 g/mol. The summed E-state index contributed by atoms with van der Waals surface area (Å²) in [4.78, 5) is 18.2. The van der Waals surface area contributed by atoms with Gasteiger partial charge in [0.05, 0.1) is 12.1 Å². The lowest BCUT2D eigenvalue weighted by molar-refractivity contribution is -0.137. The first kappa shape index (κ1) is 13.3. The minimum absolute atomic E-state index is 0.0965. The van der Waals surface area contributed by atoms with Crippen LogP contribution in [-0.2, 0) is 11.2 Å². The monoisotopic (exact) mass is 258 g/mol. The normalized spacial score (nSPS) is 10.7. The van der Waals surface area contributed by atoms with Crippen molar-refractivity contribution in [2.75, 3.05) is 0 Å². The van der Waals surface area contributed by atoms with Crippen LogP contribution < -0.4 is 0 Å². The molecule has 0 unspecified atom stereocenters. The lowest BCUT2D eigenvalue weighted by atomic mass is 10.0. The Bertz CT molecular complexity index is 615. The third-order valence-electron chi connectivity index (χ3n) is 3.29. The van der Waals surface area contributed by atoms with E-state index in [1.807, 2.05) is 13.0 Å². The lowest BCUT2D eigenvalue weighted by Gasteiger charge is -2.03. The minimum atomic E-state index is -0.804. The number of carbonyl (C=O) groups is 1. The van der Waals surface area contributed by atoms with E-state index >= 15 is 0 Å². The van der Waals surface area contributed by atoms with Gasteiger partial charge < -0.3 is 10.1 Å². The van der Waals surface area contributed by atoms with Crippen LogP contribution >= 0.6 is 0 Å². The van der Waals surface area contributed by atoms with E-state index < -0.39 is 5.97 Å². The van der Waals surface area contributed by atoms with Gasteiger partial charge in [-0.1, -0.05) is 12.1 Å². The molecule has 0 fully saturated rings. The number of nitrogens with zero attached hydrogens (tertiary/aromatic N) is 1. The van der Waals surface area contributed by atoms with Gasteiger partial charge in [-0.2, -0.15) is 0 Å². The summed E-state index contributed by atoms with van der Waals surface area (Å²) in [7, 11) is 0. The van der Waals surface area contributed by atoms with Crippen molar-refractivity contribution in [2.24, 2.45) is 0 Å². The summed E-state index contributed by atoms with van der Waals surface area (Å²) in [5, 5.41) is 8.69. The second-order valence-corrected chi connectivity index (χ2v) is 4.85. The van der Waals surface area contributed by atoms with Gasteiger partial charge in [0.25, 0.3) is 0 Å². The van der Waals surface area contributed by atoms with E-state index in [-0.39, 0.29) is 6.42 Å². The first-order valence-corrected chi connectivity index (χ1v) is 6.32. The topological polar surface area (TPSA) is 66.0 Å². The van der Waals surface area contributed by atoms with Crippen LogP contribution in [0.3, 0.4) is 0 Å². The molecule has 1 heterocycles. The van der Waals surface area contributed by atoms with E-state index in [1.165, 1.54) is 11.1 Å². The molecule has 4 heteroatoms. The van der Waals surface area contributed by atoms with Crippen molar-refractivity contribution < 1.29 is 9.90 Å². The molecule has 0 atom stereocenters. The minimum Gasteiger partial charge on any atom is -0.481 e. The van der Waals surface area contributed by atoms with Gasteiger partial charge in [0, 0.05) is 17.7 Å². The number of benzene rings is 1. The van der Waals surface area contributed by atoms with E-state index in [2.05, 4.69) is 35.9 Å². The summed E-state index contributed by atoms with van der Waals surface area (Å²) >= 11 is 0. The van der Waals surface area contributed by atoms with Crippen molar-refractivity contribution in [3.63, 3.8) is 0 Å². The van der Waals surface area contributed by atoms with Crippen molar-refractivity contribution in [1.29, 1.82) is 0 Å². The van der Waals surface area contributed by atoms with Crippen LogP contribution in [0.25, 0.3) is 11.3 Å². The van der Waals surface area contributed by atoms with Crippen molar-refractivity contribution in [3.8, 4) is 11.3 Å². The predicted molar refractivity (Wildman–Crippen MR) is 74.2 cm³/mol. The molecular weight excluding hydrogens is 240 g/mol. The van der Waals surface area contributed by atoms with E-state index in [0.29, 0.717) is 6.42 Å². The van der Waals surface area contributed by atoms with Gasteiger partial charge in [-0.15, -0.1) is 0 Å². The Morgan fingerprint density at radius 2 is 2.00 bits per heavy atom. The zero-order valence-electron chi connectivity index (χ0n) is 11.4. The molecule has 0 radical (unpaired) electrons. The number of carboxylic acid groups (broad SMARTS) is 1. The predicted octanol–water partition coefficient (Wildman–Crippen LogP) is 3.02. The SMILES string of the molecule is Cc1ccc(-c2nc(CCC(=O)O)[nH]c2C)cc1C. The number of rotatable bonds is 4. The van der Waals surface area contributed by atoms with Gasteiger partial charge in [0.15, 0.2) is 0 Å². The molecule has 100 valence electrons. The molecule has 0 amide bonds. The first-order chi connectivity index (χ1) is 8.97. The number of imidazole rings is 1. The number of nitrogens with one attached hydrogen (secondary N) is 1. The zero-order valence-corrected chi connectivity index (χ0v) is 11.4. The van der Waals surface area contributed by atoms with Gasteiger partial charge >= 0.3 is 5.97 Å². The van der Waals surface area contributed by atoms with E-state index in [4.69, 9.17) is 5.11 Å². The summed E-state index contributed by atoms with van der Waals surface area (Å²) < 4.78 is 0. The third-order valence-corrected chi connectivity index (χ3v) is 3.29. The molecule has 0 spiro atoms. The summed E-state index contributed by atoms with van der Waals surface area (Å²) in [6, 6.07) is 6.24. The molecule has 0 saturated carbocycles. The second-order valence-electron chi connectivity index (χ2n) is 4.85. The van der Waals surface area contributed by atoms with E-state index in [0.717, 1.165) is 22.8 Å². The highest BCUT2D eigenvalue weighted by molar-refractivity contribution is 5.67. The fourth-order valence-corrected chi connectivity index (χ4v) is 2.04. The van der Waals surface area contributed by atoms with Gasteiger partial charge in [-0.3, -0.25) is 4.79 Å². The molecule has 1 aromatic carbocycles. The number of carboxylic acids is 1. The Morgan fingerprint density at radius 1 is 1.26 bits per heavy atom. The quantitative estimate of drug-likeness (QED) is 0.885. The van der Waals surface area contributed by atoms with Crippen LogP contribution in [0.2, 0.25) is 0 Å². The number of H-pyrrole nitrogens is 1. The molecule has 2 aromatic rings. The Hall–Kier alpha value is -2.10. The van der Waals surface area contributed by atoms with Crippen molar-refractivity contribution in [3.05, 3.63) is 40.8 Å². The highest BCUT2D eigenvalue weighted by Gasteiger charge is 2.10. The Balaban J connectivity index is 2.29. The van der Waals surface area contributed by atoms with Gasteiger partial charge in [0.2, 0.25) is 0 Å². The fraction of sp³-hybridized carbons (Fsp3) is 0.333. The number of hydrogen-bond donors (Lipinski definition) is 2. The average Bonchev–Trinajstić information content (AvgIpc) is 2.72. The van der Waals surface area contributed by atoms with Crippen LogP contribution in [0.5, 0.6) is 0 Å². The maximum absolute atomic E-state index is 10.6. The molecule has 0 aliphatic carbocycles. The molecule has 0 aliphatic heterocycles. The molecule has 4 nitrogen and oxygen atoms in total. The molecular formula is C15H18N2O2. The summed E-state index contributed by atoms with van der Waals surface area (Å²) in [6.07, 6.45) is 0.528. The summed E-state index contributed by atoms with van der Waals surface area (Å²) in [5.74, 6) is -0.0742. The first-order valence-electron chi connectivity index (χ1n) is 6.32. The van der Waals surface area contributed by atoms with Crippen LogP contribution in [0.1, 0.15) is 29.1 Å². The summed E-state index contributed by atoms with van der Waals surface area (Å²) in [6.45, 7) is 6.11. The van der Waals surface area contributed by atoms with Gasteiger partial charge in [-0.25, -0.2) is 4.98 Å². The molecule has 19 heavy (non-hydrogen) atoms. The fourth-order valence-electron chi connectivity index (χ4n) is 2.04. The Morgan fingerprint density at radius 3 is 2.63 bits per heavy atom. The lowest BCUT2D eigenvalue weighted by Crippen LogP contribution is -1.98. The number of aromatic amines is 1. The molecule has 0 aliphatic rings. The van der Waals surface area contributed by atoms with Crippen LogP contribution in [0, 0.1) is 20.8 Å². The number of aromatic nitrogens is 2. The van der Waals surface area contributed by atoms with E-state index in [9.17, 15) is 4.79 Å². The highest BCUT2D eigenvalue weighted by Crippen LogP contribution is 2.23. The van der Waals surface area contributed by atoms with Gasteiger partial charge in [-0.05, 0) is 38.0 Å². The second kappa shape index (κ2) is 5.26. The molecule has 0 bridgehead atoms. The van der Waals surface area contributed by atoms with E-state index in [1.54, 1.807) is 0 Å². The van der Waals surface area contributed by atoms with Crippen LogP contribution in [0.15, 0.2) is 18.2 Å². The molecule has 1 aromatic heterocycles. The Kier molecular flexibility index (Phi) is 3.69. The van der Waals surface area contributed by atoms with Gasteiger partial charge in [0.1, 0.15) is 5.82 Å². The standard InChI is InChI=1S/C15H18N2O2/c1-9-4-5-12(8-10(9)2)15-11(3)16-13(17-15)6-7-14(18)19/h4-5,8H,6-7H2,1-3H3,(H,16,17)(H,18,19). The Labute approximate surface area is 112 Å². The largest absolute Gasteiger partial charge is 0.481 e. The molecule has 2 N–H and O–H groups in total. The smallest absolute Gasteiger partial charge is 0.303 e. The van der Waals surface area contributed by atoms with Crippen LogP contribution in [0.4, 0.5) is 0 Å².